The van der Waals surface area contributed by atoms with Gasteiger partial charge in [-0.25, -0.2) is 8.78 Å². The van der Waals surface area contributed by atoms with E-state index in [0.717, 1.165) is 25.7 Å². The largest absolute Gasteiger partial charge is 0.382 e. The maximum Gasteiger partial charge on any atom is 0.148 e. The normalized spacial score (nSPS) is 30.4. The summed E-state index contributed by atoms with van der Waals surface area (Å²) in [7, 11) is 0. The summed E-state index contributed by atoms with van der Waals surface area (Å²) in [5.74, 6) is -0.325. The molecule has 0 aromatic heterocycles. The number of nitrogens with zero attached hydrogens (tertiary/aromatic N) is 1. The highest BCUT2D eigenvalue weighted by molar-refractivity contribution is 5.57. The molecule has 1 aliphatic heterocycles. The molecular weight excluding hydrogens is 324 g/mol. The molecule has 1 heterocycles. The molecule has 2 fully saturated rings. The van der Waals surface area contributed by atoms with Crippen molar-refractivity contribution in [1.82, 2.24) is 0 Å². The lowest BCUT2D eigenvalue weighted by molar-refractivity contribution is -0.00541. The van der Waals surface area contributed by atoms with Gasteiger partial charge in [0.25, 0.3) is 0 Å². The summed E-state index contributed by atoms with van der Waals surface area (Å²) in [5, 5.41) is 3.09. The number of morpholine rings is 1. The average molecular weight is 353 g/mol. The number of benzene rings is 1. The molecule has 6 heteroatoms. The first-order chi connectivity index (χ1) is 11.9. The van der Waals surface area contributed by atoms with Crippen molar-refractivity contribution in [2.75, 3.05) is 29.9 Å². The third kappa shape index (κ3) is 4.61. The highest BCUT2D eigenvalue weighted by Gasteiger charge is 2.25. The van der Waals surface area contributed by atoms with Crippen LogP contribution in [0.3, 0.4) is 0 Å². The SMILES string of the molecule is CC1CN(c2cc(F)c(NCC3CCC(N)CC3)cc2F)CC(C)O1. The number of halogens is 2. The highest BCUT2D eigenvalue weighted by atomic mass is 19.1. The molecule has 0 bridgehead atoms. The molecule has 0 radical (unpaired) electrons. The van der Waals surface area contributed by atoms with Crippen LogP contribution in [0.15, 0.2) is 12.1 Å². The first-order valence-electron chi connectivity index (χ1n) is 9.31. The van der Waals surface area contributed by atoms with Crippen molar-refractivity contribution < 1.29 is 13.5 Å². The molecule has 2 atom stereocenters. The maximum atomic E-state index is 14.6. The van der Waals surface area contributed by atoms with Crippen molar-refractivity contribution >= 4 is 11.4 Å². The van der Waals surface area contributed by atoms with E-state index in [-0.39, 0.29) is 17.9 Å². The van der Waals surface area contributed by atoms with Gasteiger partial charge in [0.2, 0.25) is 0 Å². The predicted molar refractivity (Wildman–Crippen MR) is 97.0 cm³/mol. The third-order valence-corrected chi connectivity index (χ3v) is 5.27. The summed E-state index contributed by atoms with van der Waals surface area (Å²) in [5.41, 5.74) is 6.47. The van der Waals surface area contributed by atoms with Gasteiger partial charge in [-0.15, -0.1) is 0 Å². The molecule has 4 nitrogen and oxygen atoms in total. The summed E-state index contributed by atoms with van der Waals surface area (Å²) < 4.78 is 34.7. The number of nitrogens with one attached hydrogen (secondary N) is 1. The second-order valence-corrected chi connectivity index (χ2v) is 7.61. The fourth-order valence-electron chi connectivity index (χ4n) is 3.94. The molecule has 25 heavy (non-hydrogen) atoms. The number of hydrogen-bond donors (Lipinski definition) is 2. The first kappa shape index (κ1) is 18.4. The van der Waals surface area contributed by atoms with Crippen LogP contribution < -0.4 is 16.0 Å². The molecule has 1 aromatic carbocycles. The monoisotopic (exact) mass is 353 g/mol. The molecule has 1 saturated heterocycles. The van der Waals surface area contributed by atoms with E-state index in [9.17, 15) is 8.78 Å². The third-order valence-electron chi connectivity index (χ3n) is 5.27. The Morgan fingerprint density at radius 1 is 1.08 bits per heavy atom. The molecule has 1 aromatic rings. The van der Waals surface area contributed by atoms with Gasteiger partial charge in [0.1, 0.15) is 11.6 Å². The van der Waals surface area contributed by atoms with Gasteiger partial charge in [0, 0.05) is 37.8 Å². The van der Waals surface area contributed by atoms with Crippen molar-refractivity contribution in [2.45, 2.75) is 57.8 Å². The van der Waals surface area contributed by atoms with Crippen LogP contribution in [-0.2, 0) is 4.74 Å². The molecule has 140 valence electrons. The van der Waals surface area contributed by atoms with Gasteiger partial charge in [-0.05, 0) is 45.4 Å². The lowest BCUT2D eigenvalue weighted by Crippen LogP contribution is -2.45. The topological polar surface area (TPSA) is 50.5 Å². The molecule has 3 N–H and O–H groups in total. The Morgan fingerprint density at radius 2 is 1.72 bits per heavy atom. The van der Waals surface area contributed by atoms with Crippen LogP contribution in [0.25, 0.3) is 0 Å². The second-order valence-electron chi connectivity index (χ2n) is 7.61. The summed E-state index contributed by atoms with van der Waals surface area (Å²) in [6.45, 7) is 5.69. The molecule has 0 amide bonds. The molecule has 2 unspecified atom stereocenters. The number of anilines is 2. The van der Waals surface area contributed by atoms with Crippen LogP contribution in [0.5, 0.6) is 0 Å². The Labute approximate surface area is 148 Å². The summed E-state index contributed by atoms with van der Waals surface area (Å²) in [4.78, 5) is 1.86. The fourth-order valence-corrected chi connectivity index (χ4v) is 3.94. The van der Waals surface area contributed by atoms with Crippen molar-refractivity contribution in [3.05, 3.63) is 23.8 Å². The van der Waals surface area contributed by atoms with Crippen LogP contribution in [0, 0.1) is 17.6 Å². The molecule has 1 aliphatic carbocycles. The molecular formula is C19H29F2N3O. The van der Waals surface area contributed by atoms with Gasteiger partial charge in [-0.2, -0.15) is 0 Å². The van der Waals surface area contributed by atoms with Gasteiger partial charge in [0.05, 0.1) is 23.6 Å². The standard InChI is InChI=1S/C19H29F2N3O/c1-12-10-24(11-13(2)25-12)19-8-16(20)18(7-17(19)21)23-9-14-3-5-15(22)6-4-14/h7-8,12-15,23H,3-6,9-11,22H2,1-2H3. The molecule has 3 rings (SSSR count). The molecule has 0 spiro atoms. The highest BCUT2D eigenvalue weighted by Crippen LogP contribution is 2.29. The second kappa shape index (κ2) is 7.87. The number of ether oxygens (including phenoxy) is 1. The Hall–Kier alpha value is -1.40. The summed E-state index contributed by atoms with van der Waals surface area (Å²) >= 11 is 0. The van der Waals surface area contributed by atoms with E-state index in [0.29, 0.717) is 37.3 Å². The van der Waals surface area contributed by atoms with Gasteiger partial charge in [0.15, 0.2) is 0 Å². The molecule has 2 aliphatic rings. The van der Waals surface area contributed by atoms with Gasteiger partial charge < -0.3 is 20.7 Å². The van der Waals surface area contributed by atoms with Crippen LogP contribution >= 0.6 is 0 Å². The van der Waals surface area contributed by atoms with E-state index < -0.39 is 11.6 Å². The van der Waals surface area contributed by atoms with Gasteiger partial charge in [-0.3, -0.25) is 0 Å². The fraction of sp³-hybridized carbons (Fsp3) is 0.684. The Kier molecular flexibility index (Phi) is 5.79. The van der Waals surface area contributed by atoms with Crippen molar-refractivity contribution in [3.8, 4) is 0 Å². The smallest absolute Gasteiger partial charge is 0.148 e. The zero-order valence-electron chi connectivity index (χ0n) is 15.1. The first-order valence-corrected chi connectivity index (χ1v) is 9.31. The van der Waals surface area contributed by atoms with Crippen LogP contribution in [0.1, 0.15) is 39.5 Å². The summed E-state index contributed by atoms with van der Waals surface area (Å²) in [6.07, 6.45) is 4.11. The lowest BCUT2D eigenvalue weighted by Gasteiger charge is -2.37. The molecule has 1 saturated carbocycles. The van der Waals surface area contributed by atoms with Crippen molar-refractivity contribution in [3.63, 3.8) is 0 Å². The zero-order valence-corrected chi connectivity index (χ0v) is 15.1. The van der Waals surface area contributed by atoms with Crippen molar-refractivity contribution in [1.29, 1.82) is 0 Å². The van der Waals surface area contributed by atoms with E-state index >= 15 is 0 Å². The quantitative estimate of drug-likeness (QED) is 0.870. The van der Waals surface area contributed by atoms with E-state index in [2.05, 4.69) is 5.32 Å². The van der Waals surface area contributed by atoms with Gasteiger partial charge in [-0.1, -0.05) is 0 Å². The van der Waals surface area contributed by atoms with Crippen LogP contribution in [0.2, 0.25) is 0 Å². The minimum atomic E-state index is -0.407. The van der Waals surface area contributed by atoms with E-state index in [1.54, 1.807) is 0 Å². The van der Waals surface area contributed by atoms with Gasteiger partial charge >= 0.3 is 0 Å². The van der Waals surface area contributed by atoms with E-state index in [1.165, 1.54) is 12.1 Å². The average Bonchev–Trinajstić information content (AvgIpc) is 2.56. The predicted octanol–water partition coefficient (Wildman–Crippen LogP) is 3.51. The van der Waals surface area contributed by atoms with E-state index in [4.69, 9.17) is 10.5 Å². The summed E-state index contributed by atoms with van der Waals surface area (Å²) in [6, 6.07) is 2.88. The Morgan fingerprint density at radius 3 is 2.36 bits per heavy atom. The minimum Gasteiger partial charge on any atom is -0.382 e. The minimum absolute atomic E-state index is 0.00156. The maximum absolute atomic E-state index is 14.6. The zero-order chi connectivity index (χ0) is 18.0. The number of rotatable bonds is 4. The van der Waals surface area contributed by atoms with Crippen LogP contribution in [0.4, 0.5) is 20.2 Å². The van der Waals surface area contributed by atoms with Crippen LogP contribution in [-0.4, -0.2) is 37.9 Å². The Bertz CT molecular complexity index is 580. The Balaban J connectivity index is 1.65. The van der Waals surface area contributed by atoms with E-state index in [1.807, 2.05) is 18.7 Å². The lowest BCUT2D eigenvalue weighted by atomic mass is 9.86. The number of nitrogens with two attached hydrogens (primary N) is 1. The number of hydrogen-bond acceptors (Lipinski definition) is 4. The van der Waals surface area contributed by atoms with Crippen molar-refractivity contribution in [2.24, 2.45) is 11.7 Å².